The van der Waals surface area contributed by atoms with Gasteiger partial charge in [0.25, 0.3) is 0 Å². The maximum Gasteiger partial charge on any atom is 0.136 e. The van der Waals surface area contributed by atoms with E-state index in [1.165, 1.54) is 0 Å². The van der Waals surface area contributed by atoms with Crippen molar-refractivity contribution in [2.24, 2.45) is 5.73 Å². The largest absolute Gasteiger partial charge is 0.324 e. The van der Waals surface area contributed by atoms with E-state index >= 15 is 0 Å². The molecule has 1 unspecified atom stereocenters. The van der Waals surface area contributed by atoms with E-state index < -0.39 is 5.67 Å². The number of alkyl halides is 1. The van der Waals surface area contributed by atoms with E-state index in [1.807, 2.05) is 31.2 Å². The smallest absolute Gasteiger partial charge is 0.136 e. The highest BCUT2D eigenvalue weighted by atomic mass is 19.1. The van der Waals surface area contributed by atoms with Crippen molar-refractivity contribution in [2.75, 3.05) is 0 Å². The molecule has 1 aromatic carbocycles. The lowest BCUT2D eigenvalue weighted by atomic mass is 9.76. The van der Waals surface area contributed by atoms with Gasteiger partial charge in [0.1, 0.15) is 5.67 Å². The third-order valence-corrected chi connectivity index (χ3v) is 3.10. The van der Waals surface area contributed by atoms with Gasteiger partial charge in [-0.1, -0.05) is 24.3 Å². The van der Waals surface area contributed by atoms with Gasteiger partial charge in [-0.2, -0.15) is 0 Å². The first-order chi connectivity index (χ1) is 6.62. The Morgan fingerprint density at radius 2 is 1.86 bits per heavy atom. The van der Waals surface area contributed by atoms with Crippen LogP contribution in [0.5, 0.6) is 0 Å². The molecular formula is C12H16FN. The van der Waals surface area contributed by atoms with Crippen molar-refractivity contribution >= 4 is 0 Å². The molecule has 0 amide bonds. The monoisotopic (exact) mass is 193 g/mol. The van der Waals surface area contributed by atoms with E-state index in [9.17, 15) is 4.39 Å². The van der Waals surface area contributed by atoms with Crippen LogP contribution in [0.4, 0.5) is 4.39 Å². The van der Waals surface area contributed by atoms with Crippen molar-refractivity contribution in [1.29, 1.82) is 0 Å². The first-order valence-electron chi connectivity index (χ1n) is 5.17. The second-order valence-corrected chi connectivity index (χ2v) is 4.23. The SMILES string of the molecule is CC(N)c1ccc(C2(F)CCC2)cc1. The molecule has 0 saturated heterocycles. The lowest BCUT2D eigenvalue weighted by Crippen LogP contribution is -2.28. The fourth-order valence-corrected chi connectivity index (χ4v) is 1.86. The van der Waals surface area contributed by atoms with Gasteiger partial charge in [-0.25, -0.2) is 4.39 Å². The minimum atomic E-state index is -1.05. The van der Waals surface area contributed by atoms with Gasteiger partial charge >= 0.3 is 0 Å². The highest BCUT2D eigenvalue weighted by Gasteiger charge is 2.38. The molecule has 0 spiro atoms. The Morgan fingerprint density at radius 1 is 1.29 bits per heavy atom. The van der Waals surface area contributed by atoms with E-state index in [0.717, 1.165) is 17.5 Å². The van der Waals surface area contributed by atoms with Crippen LogP contribution in [0.1, 0.15) is 43.4 Å². The minimum absolute atomic E-state index is 0.0287. The molecule has 1 aliphatic carbocycles. The summed E-state index contributed by atoms with van der Waals surface area (Å²) < 4.78 is 13.9. The number of hydrogen-bond donors (Lipinski definition) is 1. The van der Waals surface area contributed by atoms with Gasteiger partial charge in [0.2, 0.25) is 0 Å². The summed E-state index contributed by atoms with van der Waals surface area (Å²) in [5.41, 5.74) is 6.56. The van der Waals surface area contributed by atoms with E-state index in [4.69, 9.17) is 5.73 Å². The predicted octanol–water partition coefficient (Wildman–Crippen LogP) is 3.06. The summed E-state index contributed by atoms with van der Waals surface area (Å²) in [4.78, 5) is 0. The summed E-state index contributed by atoms with van der Waals surface area (Å²) >= 11 is 0. The second-order valence-electron chi connectivity index (χ2n) is 4.23. The number of nitrogens with two attached hydrogens (primary N) is 1. The first kappa shape index (κ1) is 9.66. The molecule has 0 heterocycles. The standard InChI is InChI=1S/C12H16FN/c1-9(14)10-3-5-11(6-4-10)12(13)7-2-8-12/h3-6,9H,2,7-8,14H2,1H3. The Balaban J connectivity index is 2.21. The summed E-state index contributed by atoms with van der Waals surface area (Å²) in [5, 5.41) is 0. The maximum atomic E-state index is 13.9. The Labute approximate surface area is 84.1 Å². The molecule has 0 aromatic heterocycles. The van der Waals surface area contributed by atoms with Crippen LogP contribution in [0.2, 0.25) is 0 Å². The van der Waals surface area contributed by atoms with Crippen LogP contribution in [-0.2, 0) is 5.67 Å². The zero-order chi connectivity index (χ0) is 10.2. The molecule has 1 aliphatic rings. The predicted molar refractivity (Wildman–Crippen MR) is 55.7 cm³/mol. The quantitative estimate of drug-likeness (QED) is 0.767. The van der Waals surface area contributed by atoms with E-state index in [2.05, 4.69) is 0 Å². The summed E-state index contributed by atoms with van der Waals surface area (Å²) in [7, 11) is 0. The molecule has 14 heavy (non-hydrogen) atoms. The third-order valence-electron chi connectivity index (χ3n) is 3.10. The van der Waals surface area contributed by atoms with Crippen LogP contribution >= 0.6 is 0 Å². The van der Waals surface area contributed by atoms with Gasteiger partial charge in [0, 0.05) is 6.04 Å². The molecule has 0 radical (unpaired) electrons. The molecule has 1 saturated carbocycles. The van der Waals surface area contributed by atoms with Gasteiger partial charge in [-0.3, -0.25) is 0 Å². The van der Waals surface area contributed by atoms with E-state index in [0.29, 0.717) is 12.8 Å². The number of halogens is 1. The Bertz CT molecular complexity index is 312. The van der Waals surface area contributed by atoms with Crippen molar-refractivity contribution in [3.63, 3.8) is 0 Å². The molecule has 1 fully saturated rings. The van der Waals surface area contributed by atoms with Gasteiger partial charge in [0.05, 0.1) is 0 Å². The Hall–Kier alpha value is -0.890. The van der Waals surface area contributed by atoms with Crippen molar-refractivity contribution in [2.45, 2.75) is 37.9 Å². The zero-order valence-electron chi connectivity index (χ0n) is 8.46. The number of rotatable bonds is 2. The van der Waals surface area contributed by atoms with Crippen LogP contribution in [0.25, 0.3) is 0 Å². The van der Waals surface area contributed by atoms with Crippen molar-refractivity contribution < 1.29 is 4.39 Å². The molecule has 1 atom stereocenters. The molecule has 2 N–H and O–H groups in total. The Kier molecular flexibility index (Phi) is 2.31. The summed E-state index contributed by atoms with van der Waals surface area (Å²) in [6.07, 6.45) is 2.35. The van der Waals surface area contributed by atoms with Crippen molar-refractivity contribution in [3.05, 3.63) is 35.4 Å². The summed E-state index contributed by atoms with van der Waals surface area (Å²) in [5.74, 6) is 0. The van der Waals surface area contributed by atoms with Crippen LogP contribution < -0.4 is 5.73 Å². The fourth-order valence-electron chi connectivity index (χ4n) is 1.86. The minimum Gasteiger partial charge on any atom is -0.324 e. The van der Waals surface area contributed by atoms with Gasteiger partial charge < -0.3 is 5.73 Å². The number of hydrogen-bond acceptors (Lipinski definition) is 1. The molecule has 1 aromatic rings. The molecular weight excluding hydrogens is 177 g/mol. The lowest BCUT2D eigenvalue weighted by Gasteiger charge is -2.34. The molecule has 76 valence electrons. The molecule has 1 nitrogen and oxygen atoms in total. The van der Waals surface area contributed by atoms with Crippen molar-refractivity contribution in [3.8, 4) is 0 Å². The van der Waals surface area contributed by atoms with Gasteiger partial charge in [-0.05, 0) is 37.3 Å². The maximum absolute atomic E-state index is 13.9. The molecule has 0 bridgehead atoms. The van der Waals surface area contributed by atoms with Crippen molar-refractivity contribution in [1.82, 2.24) is 0 Å². The number of benzene rings is 1. The van der Waals surface area contributed by atoms with Crippen LogP contribution in [-0.4, -0.2) is 0 Å². The highest BCUT2D eigenvalue weighted by Crippen LogP contribution is 2.44. The van der Waals surface area contributed by atoms with Crippen LogP contribution in [0.3, 0.4) is 0 Å². The summed E-state index contributed by atoms with van der Waals surface area (Å²) in [6.45, 7) is 1.93. The second kappa shape index (κ2) is 3.35. The average Bonchev–Trinajstić information content (AvgIpc) is 2.14. The highest BCUT2D eigenvalue weighted by molar-refractivity contribution is 5.30. The molecule has 2 rings (SSSR count). The molecule has 0 aliphatic heterocycles. The first-order valence-corrected chi connectivity index (χ1v) is 5.17. The molecule has 2 heteroatoms. The topological polar surface area (TPSA) is 26.0 Å². The van der Waals surface area contributed by atoms with E-state index in [-0.39, 0.29) is 6.04 Å². The van der Waals surface area contributed by atoms with Crippen LogP contribution in [0, 0.1) is 0 Å². The van der Waals surface area contributed by atoms with E-state index in [1.54, 1.807) is 0 Å². The normalized spacial score (nSPS) is 21.4. The summed E-state index contributed by atoms with van der Waals surface area (Å²) in [6, 6.07) is 7.63. The Morgan fingerprint density at radius 3 is 2.21 bits per heavy atom. The zero-order valence-corrected chi connectivity index (χ0v) is 8.46. The fraction of sp³-hybridized carbons (Fsp3) is 0.500. The average molecular weight is 193 g/mol. The lowest BCUT2D eigenvalue weighted by molar-refractivity contribution is 0.0609. The van der Waals surface area contributed by atoms with Crippen LogP contribution in [0.15, 0.2) is 24.3 Å². The van der Waals surface area contributed by atoms with Gasteiger partial charge in [0.15, 0.2) is 0 Å². The van der Waals surface area contributed by atoms with Gasteiger partial charge in [-0.15, -0.1) is 0 Å². The third kappa shape index (κ3) is 1.55.